The van der Waals surface area contributed by atoms with E-state index in [-0.39, 0.29) is 23.7 Å². The number of likely N-dealkylation sites (tertiary alicyclic amines) is 2. The van der Waals surface area contributed by atoms with E-state index in [4.69, 9.17) is 4.74 Å². The van der Waals surface area contributed by atoms with Crippen molar-refractivity contribution in [3.05, 3.63) is 21.9 Å². The number of methoxy groups -OCH3 is 1. The molecule has 1 atom stereocenters. The van der Waals surface area contributed by atoms with Gasteiger partial charge in [-0.15, -0.1) is 11.3 Å². The maximum Gasteiger partial charge on any atom is 0.254 e. The monoisotopic (exact) mass is 364 g/mol. The van der Waals surface area contributed by atoms with Crippen molar-refractivity contribution in [1.82, 2.24) is 9.80 Å². The van der Waals surface area contributed by atoms with Gasteiger partial charge in [0, 0.05) is 39.2 Å². The highest BCUT2D eigenvalue weighted by Gasteiger charge is 2.48. The molecule has 1 aromatic heterocycles. The molecular formula is C18H24N2O4S. The average molecular weight is 364 g/mol. The second kappa shape index (κ2) is 6.88. The molecule has 2 aliphatic rings. The van der Waals surface area contributed by atoms with Crippen LogP contribution < -0.4 is 0 Å². The van der Waals surface area contributed by atoms with E-state index in [9.17, 15) is 14.4 Å². The highest BCUT2D eigenvalue weighted by Crippen LogP contribution is 2.41. The Hall–Kier alpha value is -1.73. The zero-order valence-corrected chi connectivity index (χ0v) is 15.7. The Labute approximate surface area is 151 Å². The van der Waals surface area contributed by atoms with Gasteiger partial charge >= 0.3 is 0 Å². The molecule has 6 nitrogen and oxygen atoms in total. The van der Waals surface area contributed by atoms with Gasteiger partial charge in [0.2, 0.25) is 5.91 Å². The molecule has 3 heterocycles. The number of ketones is 1. The minimum atomic E-state index is -0.413. The second-order valence-corrected chi connectivity index (χ2v) is 7.99. The number of amides is 2. The molecule has 0 bridgehead atoms. The average Bonchev–Trinajstić information content (AvgIpc) is 3.10. The fourth-order valence-electron chi connectivity index (χ4n) is 3.91. The molecule has 1 unspecified atom stereocenters. The van der Waals surface area contributed by atoms with E-state index in [1.54, 1.807) is 28.4 Å². The Bertz CT molecular complexity index is 691. The van der Waals surface area contributed by atoms with Crippen molar-refractivity contribution in [3.63, 3.8) is 0 Å². The van der Waals surface area contributed by atoms with Gasteiger partial charge in [-0.05, 0) is 32.3 Å². The van der Waals surface area contributed by atoms with Crippen molar-refractivity contribution < 1.29 is 19.1 Å². The first kappa shape index (κ1) is 18.1. The van der Waals surface area contributed by atoms with Crippen molar-refractivity contribution >= 4 is 28.9 Å². The van der Waals surface area contributed by atoms with Crippen LogP contribution in [-0.4, -0.2) is 67.3 Å². The lowest BCUT2D eigenvalue weighted by Crippen LogP contribution is -2.57. The summed E-state index contributed by atoms with van der Waals surface area (Å²) in [7, 11) is 3.51. The molecule has 0 saturated carbocycles. The van der Waals surface area contributed by atoms with E-state index in [2.05, 4.69) is 0 Å². The van der Waals surface area contributed by atoms with Crippen molar-refractivity contribution in [3.8, 4) is 0 Å². The highest BCUT2D eigenvalue weighted by molar-refractivity contribution is 7.12. The first-order valence-electron chi connectivity index (χ1n) is 8.53. The zero-order valence-electron chi connectivity index (χ0n) is 14.9. The Morgan fingerprint density at radius 2 is 2.00 bits per heavy atom. The summed E-state index contributed by atoms with van der Waals surface area (Å²) in [5.41, 5.74) is 0.150. The third-order valence-corrected chi connectivity index (χ3v) is 6.46. The van der Waals surface area contributed by atoms with Crippen LogP contribution in [0.15, 0.2) is 11.4 Å². The first-order valence-corrected chi connectivity index (χ1v) is 9.41. The third-order valence-electron chi connectivity index (χ3n) is 5.43. The number of rotatable bonds is 3. The molecule has 0 aliphatic carbocycles. The third kappa shape index (κ3) is 3.35. The molecular weight excluding hydrogens is 340 g/mol. The smallest absolute Gasteiger partial charge is 0.254 e. The molecule has 2 aliphatic heterocycles. The molecule has 1 aromatic rings. The van der Waals surface area contributed by atoms with Crippen molar-refractivity contribution in [2.75, 3.05) is 33.8 Å². The Kier molecular flexibility index (Phi) is 4.97. The summed E-state index contributed by atoms with van der Waals surface area (Å²) in [6.07, 6.45) is 2.10. The largest absolute Gasteiger partial charge is 0.380 e. The number of hydrogen-bond acceptors (Lipinski definition) is 5. The van der Waals surface area contributed by atoms with Crippen molar-refractivity contribution in [2.24, 2.45) is 5.41 Å². The summed E-state index contributed by atoms with van der Waals surface area (Å²) in [6.45, 7) is 3.24. The van der Waals surface area contributed by atoms with E-state index >= 15 is 0 Å². The molecule has 2 saturated heterocycles. The van der Waals surface area contributed by atoms with Gasteiger partial charge in [0.25, 0.3) is 5.91 Å². The van der Waals surface area contributed by atoms with Gasteiger partial charge in [0.1, 0.15) is 0 Å². The van der Waals surface area contributed by atoms with Crippen LogP contribution in [-0.2, 0) is 9.53 Å². The number of carbonyl (C=O) groups excluding carboxylic acids is 3. The van der Waals surface area contributed by atoms with Crippen LogP contribution in [0.1, 0.15) is 46.2 Å². The summed E-state index contributed by atoms with van der Waals surface area (Å²) in [5.74, 6) is 0.0869. The second-order valence-electron chi connectivity index (χ2n) is 7.08. The summed E-state index contributed by atoms with van der Waals surface area (Å²) in [5, 5.41) is 1.74. The van der Waals surface area contributed by atoms with Gasteiger partial charge < -0.3 is 14.5 Å². The van der Waals surface area contributed by atoms with E-state index in [1.165, 1.54) is 18.3 Å². The van der Waals surface area contributed by atoms with Gasteiger partial charge in [0.15, 0.2) is 5.78 Å². The van der Waals surface area contributed by atoms with Gasteiger partial charge in [-0.3, -0.25) is 14.4 Å². The van der Waals surface area contributed by atoms with E-state index in [1.807, 2.05) is 7.05 Å². The summed E-state index contributed by atoms with van der Waals surface area (Å²) < 4.78 is 5.50. The fraction of sp³-hybridized carbons (Fsp3) is 0.611. The number of ether oxygens (including phenoxy) is 1. The Balaban J connectivity index is 1.69. The molecule has 0 N–H and O–H groups in total. The van der Waals surface area contributed by atoms with Crippen LogP contribution in [0.4, 0.5) is 0 Å². The van der Waals surface area contributed by atoms with Gasteiger partial charge in [0.05, 0.1) is 22.0 Å². The number of likely N-dealkylation sites (N-methyl/N-ethyl adjacent to an activating group) is 1. The lowest BCUT2D eigenvalue weighted by molar-refractivity contribution is -0.155. The van der Waals surface area contributed by atoms with Crippen LogP contribution in [0.5, 0.6) is 0 Å². The van der Waals surface area contributed by atoms with E-state index in [0.717, 1.165) is 6.42 Å². The molecule has 7 heteroatoms. The van der Waals surface area contributed by atoms with Gasteiger partial charge in [-0.2, -0.15) is 0 Å². The number of thiophene rings is 1. The maximum atomic E-state index is 12.7. The van der Waals surface area contributed by atoms with Crippen LogP contribution in [0.25, 0.3) is 0 Å². The molecule has 0 radical (unpaired) electrons. The predicted octanol–water partition coefficient (Wildman–Crippen LogP) is 2.05. The Morgan fingerprint density at radius 3 is 2.56 bits per heavy atom. The van der Waals surface area contributed by atoms with Crippen molar-refractivity contribution in [1.29, 1.82) is 0 Å². The minimum absolute atomic E-state index is 0.0249. The molecule has 3 rings (SSSR count). The molecule has 25 heavy (non-hydrogen) atoms. The topological polar surface area (TPSA) is 66.9 Å². The molecule has 136 valence electrons. The number of piperidine rings is 2. The number of nitrogens with zero attached hydrogens (tertiary/aromatic N) is 2. The quantitative estimate of drug-likeness (QED) is 0.770. The summed E-state index contributed by atoms with van der Waals surface area (Å²) >= 11 is 1.30. The fourth-order valence-corrected chi connectivity index (χ4v) is 4.69. The maximum absolute atomic E-state index is 12.7. The van der Waals surface area contributed by atoms with Gasteiger partial charge in [-0.25, -0.2) is 0 Å². The Morgan fingerprint density at radius 1 is 1.32 bits per heavy atom. The summed E-state index contributed by atoms with van der Waals surface area (Å²) in [4.78, 5) is 41.0. The molecule has 1 spiro atoms. The highest BCUT2D eigenvalue weighted by atomic mass is 32.1. The summed E-state index contributed by atoms with van der Waals surface area (Å²) in [6, 6.07) is 1.67. The first-order chi connectivity index (χ1) is 11.9. The normalized spacial score (nSPS) is 23.2. The van der Waals surface area contributed by atoms with Crippen LogP contribution >= 0.6 is 11.3 Å². The lowest BCUT2D eigenvalue weighted by Gasteiger charge is -2.47. The minimum Gasteiger partial charge on any atom is -0.380 e. The zero-order chi connectivity index (χ0) is 18.2. The van der Waals surface area contributed by atoms with Crippen LogP contribution in [0.3, 0.4) is 0 Å². The molecule has 2 amide bonds. The number of Topliss-reactive ketones (excluding diaryl/α,β-unsaturated/α-hetero) is 1. The molecule has 0 aromatic carbocycles. The van der Waals surface area contributed by atoms with Crippen LogP contribution in [0.2, 0.25) is 0 Å². The number of carbonyl (C=O) groups is 3. The standard InChI is InChI=1S/C18H24N2O4S/c1-12(21)15-8-13(11-25-15)16(22)20-6-4-18(5-7-20)9-14(24-3)10-19(2)17(18)23/h8,11,14H,4-7,9-10H2,1-3H3. The lowest BCUT2D eigenvalue weighted by atomic mass is 9.71. The number of hydrogen-bond donors (Lipinski definition) is 0. The van der Waals surface area contributed by atoms with Crippen LogP contribution in [0, 0.1) is 5.41 Å². The van der Waals surface area contributed by atoms with Crippen molar-refractivity contribution in [2.45, 2.75) is 32.3 Å². The SMILES string of the molecule is COC1CN(C)C(=O)C2(CCN(C(=O)c3csc(C(C)=O)c3)CC2)C1. The molecule has 2 fully saturated rings. The van der Waals surface area contributed by atoms with E-state index in [0.29, 0.717) is 42.9 Å². The predicted molar refractivity (Wildman–Crippen MR) is 94.9 cm³/mol. The van der Waals surface area contributed by atoms with E-state index < -0.39 is 5.41 Å². The van der Waals surface area contributed by atoms with Gasteiger partial charge in [-0.1, -0.05) is 0 Å².